The van der Waals surface area contributed by atoms with Crippen LogP contribution in [0.3, 0.4) is 0 Å². The van der Waals surface area contributed by atoms with Crippen LogP contribution in [0.5, 0.6) is 0 Å². The molecule has 1 aromatic heterocycles. The minimum Gasteiger partial charge on any atom is -0.343 e. The minimum atomic E-state index is -0.528. The molecule has 8 nitrogen and oxygen atoms in total. The molecular formula is C14H11ClN4O4S. The number of hydrogen-bond donors (Lipinski definition) is 2. The Kier molecular flexibility index (Phi) is 5.99. The van der Waals surface area contributed by atoms with Crippen molar-refractivity contribution in [2.75, 3.05) is 6.54 Å². The molecule has 2 aromatic rings. The van der Waals surface area contributed by atoms with Crippen LogP contribution in [0.1, 0.15) is 15.2 Å². The summed E-state index contributed by atoms with van der Waals surface area (Å²) in [6.45, 7) is -0.261. The van der Waals surface area contributed by atoms with Crippen molar-refractivity contribution < 1.29 is 14.5 Å². The first kappa shape index (κ1) is 17.6. The van der Waals surface area contributed by atoms with Crippen LogP contribution in [0.15, 0.2) is 41.5 Å². The van der Waals surface area contributed by atoms with Gasteiger partial charge < -0.3 is 5.32 Å². The molecule has 0 saturated carbocycles. The van der Waals surface area contributed by atoms with Crippen molar-refractivity contribution in [2.24, 2.45) is 5.10 Å². The number of hydrogen-bond acceptors (Lipinski definition) is 6. The molecule has 2 rings (SSSR count). The largest absolute Gasteiger partial charge is 0.343 e. The molecule has 2 amide bonds. The Labute approximate surface area is 145 Å². The number of carbonyl (C=O) groups excluding carboxylic acids is 2. The third-order valence-corrected chi connectivity index (χ3v) is 3.91. The molecule has 10 heteroatoms. The molecule has 0 radical (unpaired) electrons. The van der Waals surface area contributed by atoms with E-state index in [2.05, 4.69) is 15.8 Å². The number of carbonyl (C=O) groups is 2. The number of benzene rings is 1. The van der Waals surface area contributed by atoms with Crippen molar-refractivity contribution in [3.63, 3.8) is 0 Å². The standard InChI is InChI=1S/C14H11ClN4O4S/c15-10-3-1-9(2-4-10)14(21)16-8-12(20)18-17-7-11-5-6-13(24-11)19(22)23/h1-7H,8H2,(H,16,21)(H,18,20)/b17-7-. The maximum absolute atomic E-state index is 11.8. The maximum atomic E-state index is 11.8. The van der Waals surface area contributed by atoms with E-state index in [-0.39, 0.29) is 11.5 Å². The zero-order chi connectivity index (χ0) is 17.5. The lowest BCUT2D eigenvalue weighted by atomic mass is 10.2. The lowest BCUT2D eigenvalue weighted by Gasteiger charge is -2.04. The summed E-state index contributed by atoms with van der Waals surface area (Å²) in [5.74, 6) is -0.945. The third kappa shape index (κ3) is 5.14. The molecule has 2 N–H and O–H groups in total. The van der Waals surface area contributed by atoms with Gasteiger partial charge in [0, 0.05) is 16.7 Å². The number of nitrogens with one attached hydrogen (secondary N) is 2. The van der Waals surface area contributed by atoms with Crippen molar-refractivity contribution in [1.29, 1.82) is 0 Å². The second-order valence-corrected chi connectivity index (χ2v) is 5.95. The van der Waals surface area contributed by atoms with Gasteiger partial charge in [-0.05, 0) is 30.3 Å². The summed E-state index contributed by atoms with van der Waals surface area (Å²) in [7, 11) is 0. The molecule has 0 aliphatic rings. The molecule has 0 unspecified atom stereocenters. The topological polar surface area (TPSA) is 114 Å². The van der Waals surface area contributed by atoms with E-state index >= 15 is 0 Å². The first-order chi connectivity index (χ1) is 11.5. The Hall–Kier alpha value is -2.78. The molecule has 24 heavy (non-hydrogen) atoms. The Morgan fingerprint density at radius 2 is 1.96 bits per heavy atom. The van der Waals surface area contributed by atoms with Gasteiger partial charge in [0.25, 0.3) is 11.8 Å². The number of halogens is 1. The van der Waals surface area contributed by atoms with Crippen LogP contribution in [-0.4, -0.2) is 29.5 Å². The average molecular weight is 367 g/mol. The van der Waals surface area contributed by atoms with E-state index in [0.29, 0.717) is 15.5 Å². The van der Waals surface area contributed by atoms with Crippen LogP contribution in [0.4, 0.5) is 5.00 Å². The molecular weight excluding hydrogens is 356 g/mol. The van der Waals surface area contributed by atoms with Crippen LogP contribution < -0.4 is 10.7 Å². The number of nitrogens with zero attached hydrogens (tertiary/aromatic N) is 2. The van der Waals surface area contributed by atoms with E-state index in [0.717, 1.165) is 11.3 Å². The van der Waals surface area contributed by atoms with Crippen LogP contribution in [-0.2, 0) is 4.79 Å². The van der Waals surface area contributed by atoms with E-state index in [1.807, 2.05) is 0 Å². The highest BCUT2D eigenvalue weighted by atomic mass is 35.5. The quantitative estimate of drug-likeness (QED) is 0.463. The maximum Gasteiger partial charge on any atom is 0.324 e. The molecule has 1 aromatic carbocycles. The second kappa shape index (κ2) is 8.18. The lowest BCUT2D eigenvalue weighted by Crippen LogP contribution is -2.34. The average Bonchev–Trinajstić information content (AvgIpc) is 3.02. The number of amides is 2. The van der Waals surface area contributed by atoms with Gasteiger partial charge in [0.05, 0.1) is 22.6 Å². The fourth-order valence-corrected chi connectivity index (χ4v) is 2.40. The molecule has 0 aliphatic heterocycles. The van der Waals surface area contributed by atoms with E-state index in [1.54, 1.807) is 12.1 Å². The van der Waals surface area contributed by atoms with Crippen LogP contribution in [0, 0.1) is 10.1 Å². The van der Waals surface area contributed by atoms with Gasteiger partial charge in [0.1, 0.15) is 0 Å². The van der Waals surface area contributed by atoms with Crippen LogP contribution >= 0.6 is 22.9 Å². The van der Waals surface area contributed by atoms with Crippen molar-refractivity contribution in [2.45, 2.75) is 0 Å². The van der Waals surface area contributed by atoms with E-state index in [4.69, 9.17) is 11.6 Å². The summed E-state index contributed by atoms with van der Waals surface area (Å²) in [5, 5.41) is 17.1. The highest BCUT2D eigenvalue weighted by Gasteiger charge is 2.09. The molecule has 0 fully saturated rings. The summed E-state index contributed by atoms with van der Waals surface area (Å²) in [6.07, 6.45) is 1.29. The number of nitro groups is 1. The highest BCUT2D eigenvalue weighted by Crippen LogP contribution is 2.22. The van der Waals surface area contributed by atoms with E-state index in [1.165, 1.54) is 30.5 Å². The molecule has 0 spiro atoms. The van der Waals surface area contributed by atoms with Crippen molar-refractivity contribution in [3.8, 4) is 0 Å². The van der Waals surface area contributed by atoms with Crippen molar-refractivity contribution >= 4 is 46.0 Å². The molecule has 124 valence electrons. The Balaban J connectivity index is 1.78. The van der Waals surface area contributed by atoms with E-state index in [9.17, 15) is 19.7 Å². The minimum absolute atomic E-state index is 0.0157. The summed E-state index contributed by atoms with van der Waals surface area (Å²) < 4.78 is 0. The number of thiophene rings is 1. The van der Waals surface area contributed by atoms with Crippen molar-refractivity contribution in [3.05, 3.63) is 62.0 Å². The fourth-order valence-electron chi connectivity index (χ4n) is 1.58. The Bertz CT molecular complexity index is 788. The predicted molar refractivity (Wildman–Crippen MR) is 90.5 cm³/mol. The normalized spacial score (nSPS) is 10.5. The van der Waals surface area contributed by atoms with Gasteiger partial charge in [-0.25, -0.2) is 5.43 Å². The summed E-state index contributed by atoms with van der Waals surface area (Å²) >= 11 is 6.65. The summed E-state index contributed by atoms with van der Waals surface area (Å²) in [5.41, 5.74) is 2.59. The molecule has 0 atom stereocenters. The van der Waals surface area contributed by atoms with Gasteiger partial charge >= 0.3 is 5.00 Å². The smallest absolute Gasteiger partial charge is 0.324 e. The van der Waals surface area contributed by atoms with Crippen LogP contribution in [0.2, 0.25) is 5.02 Å². The molecule has 0 bridgehead atoms. The highest BCUT2D eigenvalue weighted by molar-refractivity contribution is 7.16. The SMILES string of the molecule is O=C(CNC(=O)c1ccc(Cl)cc1)N/N=C\c1ccc([N+](=O)[O-])s1. The molecule has 0 aliphatic carbocycles. The molecule has 1 heterocycles. The van der Waals surface area contributed by atoms with Crippen molar-refractivity contribution in [1.82, 2.24) is 10.7 Å². The van der Waals surface area contributed by atoms with Gasteiger partial charge in [-0.15, -0.1) is 0 Å². The first-order valence-electron chi connectivity index (χ1n) is 6.55. The van der Waals surface area contributed by atoms with Gasteiger partial charge in [0.2, 0.25) is 0 Å². The zero-order valence-electron chi connectivity index (χ0n) is 12.1. The Morgan fingerprint density at radius 1 is 1.25 bits per heavy atom. The van der Waals surface area contributed by atoms with Gasteiger partial charge in [-0.3, -0.25) is 19.7 Å². The van der Waals surface area contributed by atoms with Crippen LogP contribution in [0.25, 0.3) is 0 Å². The Morgan fingerprint density at radius 3 is 2.58 bits per heavy atom. The fraction of sp³-hybridized carbons (Fsp3) is 0.0714. The van der Waals surface area contributed by atoms with Gasteiger partial charge in [-0.1, -0.05) is 22.9 Å². The predicted octanol–water partition coefficient (Wildman–Crippen LogP) is 2.19. The number of rotatable bonds is 6. The first-order valence-corrected chi connectivity index (χ1v) is 7.75. The second-order valence-electron chi connectivity index (χ2n) is 4.42. The van der Waals surface area contributed by atoms with E-state index < -0.39 is 16.7 Å². The van der Waals surface area contributed by atoms with Gasteiger partial charge in [0.15, 0.2) is 0 Å². The lowest BCUT2D eigenvalue weighted by molar-refractivity contribution is -0.380. The summed E-state index contributed by atoms with van der Waals surface area (Å²) in [6, 6.07) is 9.08. The molecule has 0 saturated heterocycles. The van der Waals surface area contributed by atoms with Gasteiger partial charge in [-0.2, -0.15) is 5.10 Å². The zero-order valence-corrected chi connectivity index (χ0v) is 13.6. The monoisotopic (exact) mass is 366 g/mol. The summed E-state index contributed by atoms with van der Waals surface area (Å²) in [4.78, 5) is 33.9. The third-order valence-electron chi connectivity index (χ3n) is 2.69. The number of hydrazone groups is 1.